The molecular formula is C11H17N3O3S. The first-order chi connectivity index (χ1) is 8.55. The van der Waals surface area contributed by atoms with E-state index in [1.165, 1.54) is 17.0 Å². The van der Waals surface area contributed by atoms with E-state index in [2.05, 4.69) is 10.1 Å². The summed E-state index contributed by atoms with van der Waals surface area (Å²) >= 11 is 0. The fraction of sp³-hybridized carbons (Fsp3) is 0.818. The molecule has 100 valence electrons. The van der Waals surface area contributed by atoms with E-state index in [-0.39, 0.29) is 6.04 Å². The molecule has 2 heterocycles. The molecule has 0 radical (unpaired) electrons. The van der Waals surface area contributed by atoms with Crippen LogP contribution in [0.3, 0.4) is 0 Å². The van der Waals surface area contributed by atoms with Gasteiger partial charge in [0.2, 0.25) is 15.9 Å². The normalized spacial score (nSPS) is 26.4. The Morgan fingerprint density at radius 3 is 2.67 bits per heavy atom. The van der Waals surface area contributed by atoms with Crippen molar-refractivity contribution in [3.8, 4) is 0 Å². The van der Waals surface area contributed by atoms with Crippen molar-refractivity contribution in [2.75, 3.05) is 12.8 Å². The molecule has 1 saturated heterocycles. The van der Waals surface area contributed by atoms with Crippen molar-refractivity contribution in [1.82, 2.24) is 14.4 Å². The molecule has 1 aromatic heterocycles. The number of hydrogen-bond acceptors (Lipinski definition) is 5. The van der Waals surface area contributed by atoms with E-state index in [4.69, 9.17) is 4.52 Å². The van der Waals surface area contributed by atoms with Crippen LogP contribution in [-0.2, 0) is 10.0 Å². The Morgan fingerprint density at radius 1 is 1.28 bits per heavy atom. The van der Waals surface area contributed by atoms with Gasteiger partial charge >= 0.3 is 0 Å². The second-order valence-electron chi connectivity index (χ2n) is 5.15. The number of nitrogens with zero attached hydrogens (tertiary/aromatic N) is 3. The topological polar surface area (TPSA) is 76.3 Å². The third kappa shape index (κ3) is 2.05. The summed E-state index contributed by atoms with van der Waals surface area (Å²) < 4.78 is 30.1. The van der Waals surface area contributed by atoms with Crippen LogP contribution < -0.4 is 0 Å². The Labute approximate surface area is 106 Å². The smallest absolute Gasteiger partial charge is 0.229 e. The maximum absolute atomic E-state index is 11.7. The first kappa shape index (κ1) is 12.1. The molecular weight excluding hydrogens is 254 g/mol. The Morgan fingerprint density at radius 2 is 2.06 bits per heavy atom. The van der Waals surface area contributed by atoms with Crippen LogP contribution in [0.2, 0.25) is 0 Å². The summed E-state index contributed by atoms with van der Waals surface area (Å²) in [5.41, 5.74) is 0. The molecule has 0 bridgehead atoms. The standard InChI is InChI=1S/C11H17N3O3S/c1-18(15,16)14-7-3-6-9(14)10-12-11(17-13-10)8-4-2-5-8/h8-9H,2-7H2,1H3. The highest BCUT2D eigenvalue weighted by molar-refractivity contribution is 7.88. The number of sulfonamides is 1. The quantitative estimate of drug-likeness (QED) is 0.831. The Hall–Kier alpha value is -0.950. The highest BCUT2D eigenvalue weighted by Gasteiger charge is 2.36. The van der Waals surface area contributed by atoms with E-state index >= 15 is 0 Å². The number of hydrogen-bond donors (Lipinski definition) is 0. The average molecular weight is 271 g/mol. The summed E-state index contributed by atoms with van der Waals surface area (Å²) in [5, 5.41) is 3.97. The molecule has 0 aromatic carbocycles. The maximum Gasteiger partial charge on any atom is 0.229 e. The van der Waals surface area contributed by atoms with Gasteiger partial charge in [-0.25, -0.2) is 8.42 Å². The van der Waals surface area contributed by atoms with Crippen molar-refractivity contribution in [1.29, 1.82) is 0 Å². The largest absolute Gasteiger partial charge is 0.339 e. The first-order valence-electron chi connectivity index (χ1n) is 6.36. The van der Waals surface area contributed by atoms with Gasteiger partial charge in [0, 0.05) is 12.5 Å². The maximum atomic E-state index is 11.7. The monoisotopic (exact) mass is 271 g/mol. The van der Waals surface area contributed by atoms with Crippen LogP contribution in [0, 0.1) is 0 Å². The van der Waals surface area contributed by atoms with Gasteiger partial charge in [-0.1, -0.05) is 11.6 Å². The van der Waals surface area contributed by atoms with E-state index in [1.807, 2.05) is 0 Å². The lowest BCUT2D eigenvalue weighted by Gasteiger charge is -2.21. The fourth-order valence-electron chi connectivity index (χ4n) is 2.60. The van der Waals surface area contributed by atoms with Crippen LogP contribution in [0.4, 0.5) is 0 Å². The molecule has 6 nitrogen and oxygen atoms in total. The molecule has 2 fully saturated rings. The lowest BCUT2D eigenvalue weighted by atomic mass is 9.85. The van der Waals surface area contributed by atoms with E-state index in [0.717, 1.165) is 25.7 Å². The molecule has 1 aliphatic heterocycles. The highest BCUT2D eigenvalue weighted by Crippen LogP contribution is 2.37. The van der Waals surface area contributed by atoms with Crippen LogP contribution in [0.25, 0.3) is 0 Å². The third-order valence-corrected chi connectivity index (χ3v) is 5.13. The van der Waals surface area contributed by atoms with Crippen molar-refractivity contribution in [2.45, 2.75) is 44.1 Å². The molecule has 1 atom stereocenters. The van der Waals surface area contributed by atoms with E-state index in [9.17, 15) is 8.42 Å². The summed E-state index contributed by atoms with van der Waals surface area (Å²) in [6.07, 6.45) is 6.27. The van der Waals surface area contributed by atoms with Gasteiger partial charge in [-0.3, -0.25) is 0 Å². The van der Waals surface area contributed by atoms with Crippen LogP contribution in [0.1, 0.15) is 55.8 Å². The minimum absolute atomic E-state index is 0.238. The van der Waals surface area contributed by atoms with Gasteiger partial charge in [0.05, 0.1) is 12.3 Å². The lowest BCUT2D eigenvalue weighted by molar-refractivity contribution is 0.287. The van der Waals surface area contributed by atoms with Crippen molar-refractivity contribution in [3.05, 3.63) is 11.7 Å². The molecule has 1 saturated carbocycles. The van der Waals surface area contributed by atoms with Crippen molar-refractivity contribution >= 4 is 10.0 Å². The van der Waals surface area contributed by atoms with Gasteiger partial charge in [0.15, 0.2) is 5.82 Å². The average Bonchev–Trinajstić information content (AvgIpc) is 2.78. The fourth-order valence-corrected chi connectivity index (χ4v) is 3.72. The second-order valence-corrected chi connectivity index (χ2v) is 7.09. The van der Waals surface area contributed by atoms with E-state index in [1.54, 1.807) is 0 Å². The molecule has 1 aromatic rings. The van der Waals surface area contributed by atoms with Crippen LogP contribution in [-0.4, -0.2) is 35.7 Å². The molecule has 1 unspecified atom stereocenters. The predicted molar refractivity (Wildman–Crippen MR) is 64.4 cm³/mol. The van der Waals surface area contributed by atoms with Crippen molar-refractivity contribution in [2.24, 2.45) is 0 Å². The van der Waals surface area contributed by atoms with Gasteiger partial charge in [-0.15, -0.1) is 0 Å². The Balaban J connectivity index is 1.83. The van der Waals surface area contributed by atoms with Crippen molar-refractivity contribution in [3.63, 3.8) is 0 Å². The SMILES string of the molecule is CS(=O)(=O)N1CCCC1c1noc(C2CCC2)n1. The van der Waals surface area contributed by atoms with Gasteiger partial charge in [0.25, 0.3) is 0 Å². The van der Waals surface area contributed by atoms with Gasteiger partial charge < -0.3 is 4.52 Å². The van der Waals surface area contributed by atoms with Crippen LogP contribution in [0.15, 0.2) is 4.52 Å². The zero-order valence-electron chi connectivity index (χ0n) is 10.4. The molecule has 0 spiro atoms. The summed E-state index contributed by atoms with van der Waals surface area (Å²) in [5.74, 6) is 1.59. The molecule has 2 aliphatic rings. The number of rotatable bonds is 3. The van der Waals surface area contributed by atoms with Crippen LogP contribution >= 0.6 is 0 Å². The molecule has 3 rings (SSSR count). The summed E-state index contributed by atoms with van der Waals surface area (Å²) in [6, 6.07) is -0.238. The van der Waals surface area contributed by atoms with Gasteiger partial charge in [0.1, 0.15) is 0 Å². The lowest BCUT2D eigenvalue weighted by Crippen LogP contribution is -2.30. The minimum atomic E-state index is -3.19. The second kappa shape index (κ2) is 4.31. The van der Waals surface area contributed by atoms with Gasteiger partial charge in [-0.2, -0.15) is 9.29 Å². The molecule has 7 heteroatoms. The first-order valence-corrected chi connectivity index (χ1v) is 8.21. The molecule has 1 aliphatic carbocycles. The zero-order valence-corrected chi connectivity index (χ0v) is 11.2. The minimum Gasteiger partial charge on any atom is -0.339 e. The molecule has 0 amide bonds. The summed E-state index contributed by atoms with van der Waals surface area (Å²) in [6.45, 7) is 0.552. The summed E-state index contributed by atoms with van der Waals surface area (Å²) in [4.78, 5) is 4.39. The summed E-state index contributed by atoms with van der Waals surface area (Å²) in [7, 11) is -3.19. The van der Waals surface area contributed by atoms with Crippen LogP contribution in [0.5, 0.6) is 0 Å². The van der Waals surface area contributed by atoms with E-state index in [0.29, 0.717) is 24.2 Å². The Bertz CT molecular complexity index is 535. The molecule has 18 heavy (non-hydrogen) atoms. The molecule has 0 N–H and O–H groups in total. The van der Waals surface area contributed by atoms with Crippen molar-refractivity contribution < 1.29 is 12.9 Å². The zero-order chi connectivity index (χ0) is 12.8. The highest BCUT2D eigenvalue weighted by atomic mass is 32.2. The third-order valence-electron chi connectivity index (χ3n) is 3.84. The number of aromatic nitrogens is 2. The predicted octanol–water partition coefficient (Wildman–Crippen LogP) is 1.43. The Kier molecular flexibility index (Phi) is 2.90. The van der Waals surface area contributed by atoms with E-state index < -0.39 is 10.0 Å². The van der Waals surface area contributed by atoms with Gasteiger partial charge in [-0.05, 0) is 25.7 Å².